The van der Waals surface area contributed by atoms with Crippen molar-refractivity contribution in [2.75, 3.05) is 19.8 Å². The second-order valence-corrected chi connectivity index (χ2v) is 7.21. The molecule has 2 amide bonds. The Morgan fingerprint density at radius 1 is 1.08 bits per heavy atom. The van der Waals surface area contributed by atoms with Gasteiger partial charge in [-0.3, -0.25) is 0 Å². The van der Waals surface area contributed by atoms with Crippen LogP contribution in [0.1, 0.15) is 50.1 Å². The first-order valence-corrected chi connectivity index (χ1v) is 9.35. The fraction of sp³-hybridized carbons (Fsp3) is 0.632. The van der Waals surface area contributed by atoms with Gasteiger partial charge in [0.05, 0.1) is 12.1 Å². The molecule has 2 aliphatic heterocycles. The number of ether oxygens (including phenoxy) is 2. The number of amides is 2. The highest BCUT2D eigenvalue weighted by Gasteiger charge is 2.32. The lowest BCUT2D eigenvalue weighted by atomic mass is 9.93. The van der Waals surface area contributed by atoms with Gasteiger partial charge in [-0.1, -0.05) is 6.07 Å². The van der Waals surface area contributed by atoms with Crippen LogP contribution in [0.5, 0.6) is 11.5 Å². The molecule has 2 fully saturated rings. The molecule has 2 N–H and O–H groups in total. The Hall–Kier alpha value is -1.95. The Labute approximate surface area is 148 Å². The van der Waals surface area contributed by atoms with Crippen LogP contribution in [0.2, 0.25) is 0 Å². The van der Waals surface area contributed by atoms with Gasteiger partial charge in [0.25, 0.3) is 0 Å². The van der Waals surface area contributed by atoms with Crippen LogP contribution in [0.4, 0.5) is 4.79 Å². The summed E-state index contributed by atoms with van der Waals surface area (Å²) >= 11 is 0. The minimum atomic E-state index is -0.203. The van der Waals surface area contributed by atoms with E-state index in [0.29, 0.717) is 13.2 Å². The zero-order valence-electron chi connectivity index (χ0n) is 14.4. The minimum Gasteiger partial charge on any atom is -0.486 e. The topological polar surface area (TPSA) is 71.0 Å². The number of nitrogens with one attached hydrogen (secondary N) is 1. The summed E-state index contributed by atoms with van der Waals surface area (Å²) in [4.78, 5) is 14.7. The molecule has 1 saturated carbocycles. The minimum absolute atomic E-state index is 0.0128. The molecule has 1 aliphatic carbocycles. The maximum atomic E-state index is 12.8. The average molecular weight is 346 g/mol. The normalized spacial score (nSPS) is 28.7. The molecule has 1 aromatic rings. The first kappa shape index (κ1) is 16.5. The summed E-state index contributed by atoms with van der Waals surface area (Å²) in [6.07, 6.45) is 5.04. The Morgan fingerprint density at radius 2 is 1.84 bits per heavy atom. The number of fused-ring (bicyclic) bond motifs is 1. The number of aliphatic hydroxyl groups excluding tert-OH is 1. The van der Waals surface area contributed by atoms with Crippen LogP contribution in [-0.2, 0) is 0 Å². The van der Waals surface area contributed by atoms with Crippen LogP contribution in [0.25, 0.3) is 0 Å². The SMILES string of the molecule is O=C(NC1CCC(O)CC1)N1CCCC1c1ccc2c(c1)OCCO2. The highest BCUT2D eigenvalue weighted by atomic mass is 16.6. The monoisotopic (exact) mass is 346 g/mol. The molecular weight excluding hydrogens is 320 g/mol. The smallest absolute Gasteiger partial charge is 0.318 e. The lowest BCUT2D eigenvalue weighted by molar-refractivity contribution is 0.114. The van der Waals surface area contributed by atoms with Gasteiger partial charge in [0, 0.05) is 12.6 Å². The van der Waals surface area contributed by atoms with Crippen molar-refractivity contribution in [1.29, 1.82) is 0 Å². The van der Waals surface area contributed by atoms with Crippen molar-refractivity contribution in [2.45, 2.75) is 56.7 Å². The summed E-state index contributed by atoms with van der Waals surface area (Å²) in [6, 6.07) is 6.28. The van der Waals surface area contributed by atoms with Crippen LogP contribution in [0, 0.1) is 0 Å². The Morgan fingerprint density at radius 3 is 2.64 bits per heavy atom. The second-order valence-electron chi connectivity index (χ2n) is 7.21. The largest absolute Gasteiger partial charge is 0.486 e. The van der Waals surface area contributed by atoms with E-state index < -0.39 is 0 Å². The molecule has 6 nitrogen and oxygen atoms in total. The van der Waals surface area contributed by atoms with Crippen LogP contribution in [0.15, 0.2) is 18.2 Å². The fourth-order valence-electron chi connectivity index (χ4n) is 4.10. The third-order valence-corrected chi connectivity index (χ3v) is 5.49. The van der Waals surface area contributed by atoms with Crippen LogP contribution in [0.3, 0.4) is 0 Å². The van der Waals surface area contributed by atoms with Gasteiger partial charge in [-0.05, 0) is 56.2 Å². The van der Waals surface area contributed by atoms with E-state index in [1.54, 1.807) is 0 Å². The van der Waals surface area contributed by atoms with Gasteiger partial charge in [0.15, 0.2) is 11.5 Å². The lowest BCUT2D eigenvalue weighted by Crippen LogP contribution is -2.46. The van der Waals surface area contributed by atoms with E-state index >= 15 is 0 Å². The van der Waals surface area contributed by atoms with Gasteiger partial charge in [0.2, 0.25) is 0 Å². The molecular formula is C19H26N2O4. The van der Waals surface area contributed by atoms with Crippen molar-refractivity contribution < 1.29 is 19.4 Å². The maximum Gasteiger partial charge on any atom is 0.318 e. The van der Waals surface area contributed by atoms with Gasteiger partial charge in [-0.15, -0.1) is 0 Å². The molecule has 2 heterocycles. The number of hydrogen-bond donors (Lipinski definition) is 2. The van der Waals surface area contributed by atoms with E-state index in [9.17, 15) is 9.90 Å². The van der Waals surface area contributed by atoms with Crippen LogP contribution >= 0.6 is 0 Å². The van der Waals surface area contributed by atoms with E-state index in [0.717, 1.165) is 62.1 Å². The molecule has 0 bridgehead atoms. The number of carbonyl (C=O) groups is 1. The van der Waals surface area contributed by atoms with Crippen LogP contribution < -0.4 is 14.8 Å². The predicted octanol–water partition coefficient (Wildman–Crippen LogP) is 2.61. The predicted molar refractivity (Wildman–Crippen MR) is 92.9 cm³/mol. The average Bonchev–Trinajstić information content (AvgIpc) is 3.13. The molecule has 3 aliphatic rings. The highest BCUT2D eigenvalue weighted by molar-refractivity contribution is 5.75. The number of carbonyl (C=O) groups excluding carboxylic acids is 1. The first-order chi connectivity index (χ1) is 12.2. The Kier molecular flexibility index (Phi) is 4.70. The summed E-state index contributed by atoms with van der Waals surface area (Å²) in [6.45, 7) is 1.93. The van der Waals surface area contributed by atoms with Gasteiger partial charge in [-0.2, -0.15) is 0 Å². The molecule has 1 atom stereocenters. The third kappa shape index (κ3) is 3.54. The summed E-state index contributed by atoms with van der Waals surface area (Å²) in [5.74, 6) is 1.56. The molecule has 0 spiro atoms. The van der Waals surface area contributed by atoms with Crippen molar-refractivity contribution in [2.24, 2.45) is 0 Å². The van der Waals surface area contributed by atoms with Crippen LogP contribution in [-0.4, -0.2) is 47.9 Å². The summed E-state index contributed by atoms with van der Waals surface area (Å²) in [7, 11) is 0. The van der Waals surface area contributed by atoms with Crippen molar-refractivity contribution in [1.82, 2.24) is 10.2 Å². The van der Waals surface area contributed by atoms with Gasteiger partial charge >= 0.3 is 6.03 Å². The van der Waals surface area contributed by atoms with Crippen molar-refractivity contribution in [3.05, 3.63) is 23.8 Å². The number of nitrogens with zero attached hydrogens (tertiary/aromatic N) is 1. The molecule has 4 rings (SSSR count). The van der Waals surface area contributed by atoms with Crippen molar-refractivity contribution in [3.8, 4) is 11.5 Å². The zero-order chi connectivity index (χ0) is 17.2. The molecule has 25 heavy (non-hydrogen) atoms. The molecule has 6 heteroatoms. The van der Waals surface area contributed by atoms with E-state index in [1.807, 2.05) is 23.1 Å². The highest BCUT2D eigenvalue weighted by Crippen LogP contribution is 2.38. The van der Waals surface area contributed by atoms with E-state index in [-0.39, 0.29) is 24.2 Å². The van der Waals surface area contributed by atoms with Gasteiger partial charge < -0.3 is 24.8 Å². The standard InChI is InChI=1S/C19H26N2O4/c22-15-6-4-14(5-7-15)20-19(23)21-9-1-2-16(21)13-3-8-17-18(12-13)25-11-10-24-17/h3,8,12,14-16,22H,1-2,4-7,9-11H2,(H,20,23). The zero-order valence-corrected chi connectivity index (χ0v) is 14.4. The van der Waals surface area contributed by atoms with E-state index in [1.165, 1.54) is 0 Å². The number of likely N-dealkylation sites (tertiary alicyclic amines) is 1. The van der Waals surface area contributed by atoms with Gasteiger partial charge in [-0.25, -0.2) is 4.79 Å². The molecule has 1 aromatic carbocycles. The summed E-state index contributed by atoms with van der Waals surface area (Å²) in [5.41, 5.74) is 1.11. The second kappa shape index (κ2) is 7.12. The van der Waals surface area contributed by atoms with E-state index in [4.69, 9.17) is 9.47 Å². The number of benzene rings is 1. The summed E-state index contributed by atoms with van der Waals surface area (Å²) < 4.78 is 11.3. The van der Waals surface area contributed by atoms with E-state index in [2.05, 4.69) is 5.32 Å². The molecule has 136 valence electrons. The molecule has 0 aromatic heterocycles. The molecule has 1 saturated heterocycles. The lowest BCUT2D eigenvalue weighted by Gasteiger charge is -2.31. The fourth-order valence-corrected chi connectivity index (χ4v) is 4.10. The Balaban J connectivity index is 1.44. The van der Waals surface area contributed by atoms with Crippen molar-refractivity contribution >= 4 is 6.03 Å². The Bertz CT molecular complexity index is 628. The molecule has 1 unspecified atom stereocenters. The first-order valence-electron chi connectivity index (χ1n) is 9.35. The van der Waals surface area contributed by atoms with Gasteiger partial charge in [0.1, 0.15) is 13.2 Å². The number of urea groups is 1. The number of rotatable bonds is 2. The van der Waals surface area contributed by atoms with Crippen molar-refractivity contribution in [3.63, 3.8) is 0 Å². The molecule has 0 radical (unpaired) electrons. The quantitative estimate of drug-likeness (QED) is 0.863. The third-order valence-electron chi connectivity index (χ3n) is 5.49. The summed E-state index contributed by atoms with van der Waals surface area (Å²) in [5, 5.41) is 12.8. The maximum absolute atomic E-state index is 12.8. The number of aliphatic hydroxyl groups is 1. The number of hydrogen-bond acceptors (Lipinski definition) is 4.